The molecule has 3 rings (SSSR count). The predicted octanol–water partition coefficient (Wildman–Crippen LogP) is -1.66. The van der Waals surface area contributed by atoms with Crippen LogP contribution in [0.5, 0.6) is 0 Å². The maximum atomic E-state index is 11.7. The molecular weight excluding hydrogens is 489 g/mol. The van der Waals surface area contributed by atoms with Crippen LogP contribution in [0.4, 0.5) is 5.82 Å². The van der Waals surface area contributed by atoms with E-state index in [1.54, 1.807) is 0 Å². The first-order valence-corrected chi connectivity index (χ1v) is 12.5. The van der Waals surface area contributed by atoms with Gasteiger partial charge in [0, 0.05) is 6.20 Å². The Kier molecular flexibility index (Phi) is 6.73. The topological polar surface area (TPSA) is 269 Å². The van der Waals surface area contributed by atoms with Gasteiger partial charge in [-0.15, -0.1) is 0 Å². The summed E-state index contributed by atoms with van der Waals surface area (Å²) in [5, 5.41) is 20.8. The number of aliphatic hydroxyl groups is 2. The molecule has 31 heavy (non-hydrogen) atoms. The van der Waals surface area contributed by atoms with Crippen molar-refractivity contribution < 1.29 is 61.4 Å². The second-order valence-corrected chi connectivity index (χ2v) is 10.5. The lowest BCUT2D eigenvalue weighted by molar-refractivity contribution is -0.221. The number of fused-ring (bicyclic) bond motifs is 1. The number of rotatable bonds is 8. The van der Waals surface area contributed by atoms with Crippen LogP contribution in [-0.2, 0) is 31.6 Å². The van der Waals surface area contributed by atoms with Gasteiger partial charge < -0.3 is 49.3 Å². The highest BCUT2D eigenvalue weighted by Crippen LogP contribution is 2.65. The second-order valence-electron chi connectivity index (χ2n) is 6.13. The number of nitrogen functional groups attached to an aromatic ring is 1. The maximum Gasteiger partial charge on any atom is 0.487 e. The zero-order chi connectivity index (χ0) is 23.2. The molecular formula is C11H16N4O13P3-. The minimum atomic E-state index is -5.75. The number of nitrogens with two attached hydrogens (primary N) is 1. The molecule has 7 N–H and O–H groups in total. The molecule has 0 saturated carbocycles. The van der Waals surface area contributed by atoms with Crippen LogP contribution in [0.2, 0.25) is 0 Å². The molecule has 2 aromatic heterocycles. The van der Waals surface area contributed by atoms with Crippen LogP contribution in [-0.4, -0.2) is 64.3 Å². The lowest BCUT2D eigenvalue weighted by atomic mass is 10.1. The summed E-state index contributed by atoms with van der Waals surface area (Å²) in [5.41, 5.74) is 5.97. The quantitative estimate of drug-likeness (QED) is 0.219. The first kappa shape index (κ1) is 24.4. The first-order valence-electron chi connectivity index (χ1n) is 8.04. The van der Waals surface area contributed by atoms with Gasteiger partial charge in [-0.2, -0.15) is 4.31 Å². The average Bonchev–Trinajstić information content (AvgIpc) is 3.13. The molecule has 174 valence electrons. The van der Waals surface area contributed by atoms with Gasteiger partial charge >= 0.3 is 15.6 Å². The number of aliphatic hydroxyl groups excluding tert-OH is 2. The van der Waals surface area contributed by atoms with Gasteiger partial charge in [0.25, 0.3) is 7.82 Å². The molecule has 0 spiro atoms. The van der Waals surface area contributed by atoms with Gasteiger partial charge in [-0.3, -0.25) is 4.57 Å². The van der Waals surface area contributed by atoms with Crippen LogP contribution in [0.25, 0.3) is 11.0 Å². The number of hydrogen-bond acceptors (Lipinski definition) is 13. The number of hydrogen-bond donors (Lipinski definition) is 6. The van der Waals surface area contributed by atoms with E-state index < -0.39 is 54.6 Å². The minimum Gasteiger partial charge on any atom is -0.756 e. The minimum absolute atomic E-state index is 0.145. The lowest BCUT2D eigenvalue weighted by Crippen LogP contribution is -2.34. The fourth-order valence-electron chi connectivity index (χ4n) is 2.76. The maximum absolute atomic E-state index is 11.7. The SMILES string of the molecule is Nc1ncnc2c1ccn2C1OC(COP(=O)([O-])OP(=O)(O)OP(=O)(O)O)C(O)C1O. The Morgan fingerprint density at radius 3 is 2.48 bits per heavy atom. The Bertz CT molecular complexity index is 1100. The van der Waals surface area contributed by atoms with Gasteiger partial charge in [-0.1, -0.05) is 0 Å². The Morgan fingerprint density at radius 2 is 1.84 bits per heavy atom. The number of anilines is 1. The Labute approximate surface area is 172 Å². The van der Waals surface area contributed by atoms with E-state index >= 15 is 0 Å². The fraction of sp³-hybridized carbons (Fsp3) is 0.455. The van der Waals surface area contributed by atoms with E-state index in [4.69, 9.17) is 25.2 Å². The Balaban J connectivity index is 1.69. The highest BCUT2D eigenvalue weighted by atomic mass is 31.3. The van der Waals surface area contributed by atoms with E-state index in [-0.39, 0.29) is 11.5 Å². The van der Waals surface area contributed by atoms with Gasteiger partial charge in [-0.05, 0) is 6.07 Å². The number of aromatic nitrogens is 3. The van der Waals surface area contributed by atoms with Gasteiger partial charge in [0.05, 0.1) is 12.0 Å². The smallest absolute Gasteiger partial charge is 0.487 e. The zero-order valence-corrected chi connectivity index (χ0v) is 17.7. The van der Waals surface area contributed by atoms with Crippen molar-refractivity contribution >= 4 is 40.3 Å². The van der Waals surface area contributed by atoms with Gasteiger partial charge in [-0.25, -0.2) is 23.4 Å². The first-order chi connectivity index (χ1) is 14.2. The molecule has 0 aliphatic carbocycles. The summed E-state index contributed by atoms with van der Waals surface area (Å²) in [5.74, 6) is 0.145. The molecule has 1 aliphatic rings. The molecule has 1 saturated heterocycles. The van der Waals surface area contributed by atoms with Crippen LogP contribution >= 0.6 is 23.5 Å². The molecule has 20 heteroatoms. The highest BCUT2D eigenvalue weighted by Gasteiger charge is 2.45. The monoisotopic (exact) mass is 505 g/mol. The molecule has 0 bridgehead atoms. The third-order valence-corrected chi connectivity index (χ3v) is 7.73. The van der Waals surface area contributed by atoms with E-state index in [9.17, 15) is 28.8 Å². The Hall–Kier alpha value is -1.29. The van der Waals surface area contributed by atoms with Crippen LogP contribution < -0.4 is 10.6 Å². The normalized spacial score (nSPS) is 28.5. The highest BCUT2D eigenvalue weighted by molar-refractivity contribution is 7.66. The van der Waals surface area contributed by atoms with Crippen LogP contribution in [0.1, 0.15) is 6.23 Å². The van der Waals surface area contributed by atoms with Crippen molar-refractivity contribution in [2.24, 2.45) is 0 Å². The third-order valence-electron chi connectivity index (χ3n) is 3.96. The second kappa shape index (κ2) is 8.57. The molecule has 0 radical (unpaired) electrons. The summed E-state index contributed by atoms with van der Waals surface area (Å²) in [6, 6.07) is 1.52. The molecule has 1 aliphatic heterocycles. The van der Waals surface area contributed by atoms with Gasteiger partial charge in [0.1, 0.15) is 36.1 Å². The number of phosphoric acid groups is 3. The molecule has 6 atom stereocenters. The predicted molar refractivity (Wildman–Crippen MR) is 95.5 cm³/mol. The van der Waals surface area contributed by atoms with Crippen molar-refractivity contribution in [2.45, 2.75) is 24.5 Å². The summed E-state index contributed by atoms with van der Waals surface area (Å²) < 4.78 is 51.6. The number of phosphoric ester groups is 1. The Morgan fingerprint density at radius 1 is 1.16 bits per heavy atom. The molecule has 3 heterocycles. The van der Waals surface area contributed by atoms with Crippen molar-refractivity contribution in [3.63, 3.8) is 0 Å². The fourth-order valence-corrected chi connectivity index (χ4v) is 5.75. The number of nitrogens with zero attached hydrogens (tertiary/aromatic N) is 3. The van der Waals surface area contributed by atoms with Crippen molar-refractivity contribution in [2.75, 3.05) is 12.3 Å². The van der Waals surface area contributed by atoms with E-state index in [0.29, 0.717) is 5.39 Å². The molecule has 17 nitrogen and oxygen atoms in total. The van der Waals surface area contributed by atoms with Crippen LogP contribution in [0, 0.1) is 0 Å². The largest absolute Gasteiger partial charge is 0.756 e. The molecule has 0 aromatic carbocycles. The summed E-state index contributed by atoms with van der Waals surface area (Å²) in [4.78, 5) is 45.5. The summed E-state index contributed by atoms with van der Waals surface area (Å²) in [6.07, 6.45) is -3.37. The van der Waals surface area contributed by atoms with E-state index in [1.807, 2.05) is 0 Å². The standard InChI is InChI=1S/C11H17N4O13P3/c12-9-5-1-2-15(10(5)14-4-13-9)11-8(17)7(16)6(26-11)3-25-30(21,22)28-31(23,24)27-29(18,19)20/h1-2,4,6-8,11,16-17H,3H2,(H,21,22)(H,23,24)(H2,12,13,14)(H2,18,19,20)/p-1. The van der Waals surface area contributed by atoms with Crippen molar-refractivity contribution in [1.82, 2.24) is 14.5 Å². The van der Waals surface area contributed by atoms with Crippen molar-refractivity contribution in [3.05, 3.63) is 18.6 Å². The van der Waals surface area contributed by atoms with Crippen LogP contribution in [0.15, 0.2) is 18.6 Å². The summed E-state index contributed by atoms with van der Waals surface area (Å²) in [7, 11) is -17.0. The third kappa shape index (κ3) is 5.74. The molecule has 6 unspecified atom stereocenters. The van der Waals surface area contributed by atoms with Gasteiger partial charge in [0.15, 0.2) is 6.23 Å². The van der Waals surface area contributed by atoms with Crippen LogP contribution in [0.3, 0.4) is 0 Å². The van der Waals surface area contributed by atoms with Gasteiger partial charge in [0.2, 0.25) is 0 Å². The number of ether oxygens (including phenoxy) is 1. The molecule has 2 aromatic rings. The lowest BCUT2D eigenvalue weighted by Gasteiger charge is -2.26. The molecule has 0 amide bonds. The summed E-state index contributed by atoms with van der Waals surface area (Å²) in [6.45, 7) is -0.998. The van der Waals surface area contributed by atoms with E-state index in [0.717, 1.165) is 6.33 Å². The summed E-state index contributed by atoms with van der Waals surface area (Å²) >= 11 is 0. The van der Waals surface area contributed by atoms with Crippen molar-refractivity contribution in [3.8, 4) is 0 Å². The zero-order valence-electron chi connectivity index (χ0n) is 15.0. The molecule has 1 fully saturated rings. The average molecular weight is 505 g/mol. The van der Waals surface area contributed by atoms with E-state index in [1.165, 1.54) is 16.8 Å². The van der Waals surface area contributed by atoms with E-state index in [2.05, 4.69) is 23.1 Å². The van der Waals surface area contributed by atoms with Crippen molar-refractivity contribution in [1.29, 1.82) is 0 Å².